The maximum atomic E-state index is 12.3. The molecule has 0 aromatic heterocycles. The number of carbonyl (C=O) groups excluding carboxylic acids is 2. The number of carbonyl (C=O) groups is 2. The van der Waals surface area contributed by atoms with Crippen molar-refractivity contribution in [1.29, 1.82) is 5.26 Å². The molecule has 29 heavy (non-hydrogen) atoms. The predicted octanol–water partition coefficient (Wildman–Crippen LogP) is 4.61. The van der Waals surface area contributed by atoms with E-state index in [1.54, 1.807) is 12.1 Å². The van der Waals surface area contributed by atoms with Gasteiger partial charge in [0, 0.05) is 23.0 Å². The van der Waals surface area contributed by atoms with E-state index in [9.17, 15) is 14.9 Å². The molecule has 2 N–H and O–H groups in total. The molecule has 0 saturated heterocycles. The first-order chi connectivity index (χ1) is 14.0. The Morgan fingerprint density at radius 2 is 1.93 bits per heavy atom. The summed E-state index contributed by atoms with van der Waals surface area (Å²) >= 11 is 7.10. The van der Waals surface area contributed by atoms with Gasteiger partial charge in [-0.05, 0) is 41.8 Å². The molecule has 1 aliphatic rings. The molecule has 2 aromatic carbocycles. The normalized spacial score (nSPS) is 16.2. The third-order valence-electron chi connectivity index (χ3n) is 4.62. The zero-order chi connectivity index (χ0) is 20.8. The highest BCUT2D eigenvalue weighted by molar-refractivity contribution is 8.03. The van der Waals surface area contributed by atoms with E-state index in [0.717, 1.165) is 23.7 Å². The van der Waals surface area contributed by atoms with Crippen LogP contribution in [0.2, 0.25) is 5.02 Å². The molecule has 7 heteroatoms. The van der Waals surface area contributed by atoms with Crippen molar-refractivity contribution in [3.05, 3.63) is 75.3 Å². The molecule has 0 fully saturated rings. The van der Waals surface area contributed by atoms with Gasteiger partial charge in [0.15, 0.2) is 0 Å². The van der Waals surface area contributed by atoms with Crippen molar-refractivity contribution in [2.75, 3.05) is 11.1 Å². The minimum atomic E-state index is -0.349. The third kappa shape index (κ3) is 5.41. The number of allylic oxidation sites excluding steroid dienone is 1. The van der Waals surface area contributed by atoms with Crippen molar-refractivity contribution < 1.29 is 9.59 Å². The van der Waals surface area contributed by atoms with Gasteiger partial charge in [0.1, 0.15) is 0 Å². The Bertz CT molecular complexity index is 979. The van der Waals surface area contributed by atoms with E-state index in [4.69, 9.17) is 11.6 Å². The molecular weight excluding hydrogens is 406 g/mol. The van der Waals surface area contributed by atoms with Gasteiger partial charge in [-0.3, -0.25) is 9.59 Å². The molecule has 0 aliphatic carbocycles. The second-order valence-electron chi connectivity index (χ2n) is 6.60. The Morgan fingerprint density at radius 3 is 2.55 bits per heavy atom. The van der Waals surface area contributed by atoms with Crippen LogP contribution in [0.5, 0.6) is 0 Å². The van der Waals surface area contributed by atoms with Crippen molar-refractivity contribution in [3.63, 3.8) is 0 Å². The number of nitrogens with one attached hydrogen (secondary N) is 2. The lowest BCUT2D eigenvalue weighted by atomic mass is 9.87. The number of halogens is 1. The maximum absolute atomic E-state index is 12.3. The molecule has 1 heterocycles. The summed E-state index contributed by atoms with van der Waals surface area (Å²) in [6, 6.07) is 17.0. The van der Waals surface area contributed by atoms with Crippen LogP contribution in [0.3, 0.4) is 0 Å². The standard InChI is InChI=1S/C22H20ClN3O2S/c1-2-14-3-9-17(10-4-14)25-21(28)13-29-22-19(12-24)18(11-20(27)26-22)15-5-7-16(23)8-6-15/h3-10,18H,2,11,13H2,1H3,(H,25,28)(H,26,27)/t18-/m0/s1. The van der Waals surface area contributed by atoms with Crippen LogP contribution in [-0.2, 0) is 16.0 Å². The Kier molecular flexibility index (Phi) is 6.97. The number of nitriles is 1. The summed E-state index contributed by atoms with van der Waals surface area (Å²) in [6.07, 6.45) is 1.12. The summed E-state index contributed by atoms with van der Waals surface area (Å²) in [5.74, 6) is -0.643. The third-order valence-corrected chi connectivity index (χ3v) is 5.89. The Balaban J connectivity index is 1.71. The molecule has 3 rings (SSSR count). The molecule has 5 nitrogen and oxygen atoms in total. The van der Waals surface area contributed by atoms with Gasteiger partial charge < -0.3 is 10.6 Å². The van der Waals surface area contributed by atoms with E-state index in [1.165, 1.54) is 5.56 Å². The number of rotatable bonds is 6. The Morgan fingerprint density at radius 1 is 1.24 bits per heavy atom. The van der Waals surface area contributed by atoms with Gasteiger partial charge >= 0.3 is 0 Å². The van der Waals surface area contributed by atoms with Crippen LogP contribution in [-0.4, -0.2) is 17.6 Å². The summed E-state index contributed by atoms with van der Waals surface area (Å²) < 4.78 is 0. The highest BCUT2D eigenvalue weighted by Crippen LogP contribution is 2.36. The Labute approximate surface area is 179 Å². The fraction of sp³-hybridized carbons (Fsp3) is 0.227. The minimum absolute atomic E-state index is 0.0870. The fourth-order valence-corrected chi connectivity index (χ4v) is 4.07. The topological polar surface area (TPSA) is 82.0 Å². The predicted molar refractivity (Wildman–Crippen MR) is 116 cm³/mol. The average Bonchev–Trinajstić information content (AvgIpc) is 2.73. The zero-order valence-electron chi connectivity index (χ0n) is 15.9. The van der Waals surface area contributed by atoms with Gasteiger partial charge in [-0.25, -0.2) is 0 Å². The molecule has 0 unspecified atom stereocenters. The summed E-state index contributed by atoms with van der Waals surface area (Å²) in [6.45, 7) is 2.07. The quantitative estimate of drug-likeness (QED) is 0.707. The number of hydrogen-bond acceptors (Lipinski definition) is 4. The number of benzene rings is 2. The largest absolute Gasteiger partial charge is 0.325 e. The summed E-state index contributed by atoms with van der Waals surface area (Å²) in [5, 5.41) is 16.3. The zero-order valence-corrected chi connectivity index (χ0v) is 17.4. The molecule has 0 saturated carbocycles. The number of amides is 2. The van der Waals surface area contributed by atoms with Crippen LogP contribution >= 0.6 is 23.4 Å². The van der Waals surface area contributed by atoms with E-state index in [-0.39, 0.29) is 29.9 Å². The van der Waals surface area contributed by atoms with Crippen molar-refractivity contribution in [1.82, 2.24) is 5.32 Å². The monoisotopic (exact) mass is 425 g/mol. The van der Waals surface area contributed by atoms with E-state index in [0.29, 0.717) is 21.3 Å². The van der Waals surface area contributed by atoms with Gasteiger partial charge in [-0.1, -0.05) is 54.6 Å². The molecule has 148 valence electrons. The van der Waals surface area contributed by atoms with Crippen molar-refractivity contribution in [3.8, 4) is 6.07 Å². The highest BCUT2D eigenvalue weighted by atomic mass is 35.5. The second kappa shape index (κ2) is 9.64. The lowest BCUT2D eigenvalue weighted by molar-refractivity contribution is -0.121. The van der Waals surface area contributed by atoms with E-state index in [1.807, 2.05) is 36.4 Å². The Hall–Kier alpha value is -2.75. The summed E-state index contributed by atoms with van der Waals surface area (Å²) in [5.41, 5.74) is 3.21. The first kappa shape index (κ1) is 21.0. The first-order valence-corrected chi connectivity index (χ1v) is 10.6. The summed E-state index contributed by atoms with van der Waals surface area (Å²) in [7, 11) is 0. The number of thioether (sulfide) groups is 1. The van der Waals surface area contributed by atoms with Gasteiger partial charge in [-0.15, -0.1) is 0 Å². The molecular formula is C22H20ClN3O2S. The first-order valence-electron chi connectivity index (χ1n) is 9.21. The van der Waals surface area contributed by atoms with Crippen molar-refractivity contribution in [2.45, 2.75) is 25.7 Å². The molecule has 1 aliphatic heterocycles. The number of anilines is 1. The fourth-order valence-electron chi connectivity index (χ4n) is 3.07. The number of aryl methyl sites for hydroxylation is 1. The van der Waals surface area contributed by atoms with Crippen molar-refractivity contribution in [2.24, 2.45) is 0 Å². The van der Waals surface area contributed by atoms with Gasteiger partial charge in [0.25, 0.3) is 0 Å². The number of nitrogens with zero attached hydrogens (tertiary/aromatic N) is 1. The van der Waals surface area contributed by atoms with Gasteiger partial charge in [0.05, 0.1) is 22.4 Å². The number of hydrogen-bond donors (Lipinski definition) is 2. The lowest BCUT2D eigenvalue weighted by Gasteiger charge is -2.25. The average molecular weight is 426 g/mol. The van der Waals surface area contributed by atoms with Crippen LogP contribution < -0.4 is 10.6 Å². The maximum Gasteiger partial charge on any atom is 0.234 e. The molecule has 0 bridgehead atoms. The summed E-state index contributed by atoms with van der Waals surface area (Å²) in [4.78, 5) is 24.5. The molecule has 0 spiro atoms. The molecule has 2 amide bonds. The van der Waals surface area contributed by atoms with E-state index >= 15 is 0 Å². The molecule has 1 atom stereocenters. The van der Waals surface area contributed by atoms with Crippen LogP contribution in [0.25, 0.3) is 0 Å². The van der Waals surface area contributed by atoms with Gasteiger partial charge in [-0.2, -0.15) is 5.26 Å². The van der Waals surface area contributed by atoms with Crippen LogP contribution in [0, 0.1) is 11.3 Å². The van der Waals surface area contributed by atoms with E-state index in [2.05, 4.69) is 23.6 Å². The van der Waals surface area contributed by atoms with E-state index < -0.39 is 0 Å². The highest BCUT2D eigenvalue weighted by Gasteiger charge is 2.29. The molecule has 2 aromatic rings. The second-order valence-corrected chi connectivity index (χ2v) is 8.02. The molecule has 0 radical (unpaired) electrons. The van der Waals surface area contributed by atoms with Gasteiger partial charge in [0.2, 0.25) is 11.8 Å². The minimum Gasteiger partial charge on any atom is -0.325 e. The lowest BCUT2D eigenvalue weighted by Crippen LogP contribution is -2.31. The van der Waals surface area contributed by atoms with Crippen molar-refractivity contribution >= 4 is 40.9 Å². The van der Waals surface area contributed by atoms with Crippen LogP contribution in [0.4, 0.5) is 5.69 Å². The SMILES string of the molecule is CCc1ccc(NC(=O)CSC2=C(C#N)[C@H](c3ccc(Cl)cc3)CC(=O)N2)cc1. The smallest absolute Gasteiger partial charge is 0.234 e. The van der Waals surface area contributed by atoms with Crippen LogP contribution in [0.15, 0.2) is 59.1 Å². The van der Waals surface area contributed by atoms with Crippen LogP contribution in [0.1, 0.15) is 30.4 Å².